The molecule has 1 unspecified atom stereocenters. The first-order chi connectivity index (χ1) is 9.18. The lowest BCUT2D eigenvalue weighted by Crippen LogP contribution is -2.52. The van der Waals surface area contributed by atoms with E-state index in [1.807, 2.05) is 17.8 Å². The summed E-state index contributed by atoms with van der Waals surface area (Å²) in [4.78, 5) is 0. The third-order valence-corrected chi connectivity index (χ3v) is 4.39. The third-order valence-electron chi connectivity index (χ3n) is 4.39. The molecule has 0 amide bonds. The Labute approximate surface area is 113 Å². The van der Waals surface area contributed by atoms with Crippen LogP contribution >= 0.6 is 0 Å². The van der Waals surface area contributed by atoms with Crippen LogP contribution in [0.2, 0.25) is 0 Å². The van der Waals surface area contributed by atoms with E-state index in [0.29, 0.717) is 18.6 Å². The molecule has 2 saturated carbocycles. The van der Waals surface area contributed by atoms with Crippen molar-refractivity contribution in [3.63, 3.8) is 0 Å². The molecule has 1 aromatic heterocycles. The van der Waals surface area contributed by atoms with Crippen molar-refractivity contribution in [2.75, 3.05) is 20.8 Å². The molecule has 19 heavy (non-hydrogen) atoms. The largest absolute Gasteiger partial charge is 0.490 e. The van der Waals surface area contributed by atoms with Crippen LogP contribution in [-0.2, 0) is 9.47 Å². The van der Waals surface area contributed by atoms with Crippen LogP contribution in [0.5, 0.6) is 5.75 Å². The zero-order valence-electron chi connectivity index (χ0n) is 11.9. The standard InChI is InChI=1S/C14H22N2O3/c1-10-13(8-16(15-10)12-4-5-12)19-9-11-6-7-14(11,17-2)18-3/h8,11-12H,4-7,9H2,1-3H3. The second-order valence-corrected chi connectivity index (χ2v) is 5.56. The van der Waals surface area contributed by atoms with E-state index in [4.69, 9.17) is 14.2 Å². The number of rotatable bonds is 6. The maximum Gasteiger partial charge on any atom is 0.173 e. The lowest BCUT2D eigenvalue weighted by Gasteiger charge is -2.46. The molecule has 2 fully saturated rings. The van der Waals surface area contributed by atoms with Crippen LogP contribution in [-0.4, -0.2) is 36.4 Å². The van der Waals surface area contributed by atoms with Gasteiger partial charge < -0.3 is 14.2 Å². The summed E-state index contributed by atoms with van der Waals surface area (Å²) >= 11 is 0. The summed E-state index contributed by atoms with van der Waals surface area (Å²) in [5.41, 5.74) is 0.964. The van der Waals surface area contributed by atoms with Crippen LogP contribution in [0.4, 0.5) is 0 Å². The molecule has 2 aliphatic rings. The van der Waals surface area contributed by atoms with Crippen LogP contribution in [0.1, 0.15) is 37.4 Å². The topological polar surface area (TPSA) is 45.5 Å². The number of aryl methyl sites for hydroxylation is 1. The van der Waals surface area contributed by atoms with Gasteiger partial charge in [0.2, 0.25) is 0 Å². The molecule has 2 aliphatic carbocycles. The van der Waals surface area contributed by atoms with Crippen molar-refractivity contribution < 1.29 is 14.2 Å². The first-order valence-corrected chi connectivity index (χ1v) is 6.97. The van der Waals surface area contributed by atoms with Crippen molar-refractivity contribution in [2.24, 2.45) is 5.92 Å². The second-order valence-electron chi connectivity index (χ2n) is 5.56. The Morgan fingerprint density at radius 3 is 2.58 bits per heavy atom. The van der Waals surface area contributed by atoms with E-state index >= 15 is 0 Å². The summed E-state index contributed by atoms with van der Waals surface area (Å²) in [6, 6.07) is 0.594. The van der Waals surface area contributed by atoms with Gasteiger partial charge in [-0.25, -0.2) is 0 Å². The highest BCUT2D eigenvalue weighted by molar-refractivity contribution is 5.24. The van der Waals surface area contributed by atoms with Gasteiger partial charge in [-0.3, -0.25) is 4.68 Å². The third kappa shape index (κ3) is 2.25. The number of methoxy groups -OCH3 is 2. The highest BCUT2D eigenvalue weighted by atomic mass is 16.7. The van der Waals surface area contributed by atoms with E-state index in [1.165, 1.54) is 12.8 Å². The molecule has 0 radical (unpaired) electrons. The molecule has 0 bridgehead atoms. The van der Waals surface area contributed by atoms with E-state index < -0.39 is 5.79 Å². The highest BCUT2D eigenvalue weighted by Gasteiger charge is 2.48. The maximum absolute atomic E-state index is 5.91. The molecule has 0 aliphatic heterocycles. The summed E-state index contributed by atoms with van der Waals surface area (Å²) in [6.07, 6.45) is 6.51. The zero-order chi connectivity index (χ0) is 13.5. The first-order valence-electron chi connectivity index (χ1n) is 6.97. The molecular formula is C14H22N2O3. The Morgan fingerprint density at radius 1 is 1.32 bits per heavy atom. The Balaban J connectivity index is 1.60. The van der Waals surface area contributed by atoms with Crippen LogP contribution in [0.3, 0.4) is 0 Å². The molecule has 0 N–H and O–H groups in total. The summed E-state index contributed by atoms with van der Waals surface area (Å²) < 4.78 is 18.9. The SMILES string of the molecule is COC1(OC)CCC1COc1cn(C2CC2)nc1C. The fourth-order valence-electron chi connectivity index (χ4n) is 2.74. The van der Waals surface area contributed by atoms with Gasteiger partial charge in [0.15, 0.2) is 11.5 Å². The van der Waals surface area contributed by atoms with Crippen LogP contribution in [0.25, 0.3) is 0 Å². The van der Waals surface area contributed by atoms with Crippen molar-refractivity contribution in [3.8, 4) is 5.75 Å². The molecule has 1 heterocycles. The van der Waals surface area contributed by atoms with E-state index in [0.717, 1.165) is 24.3 Å². The van der Waals surface area contributed by atoms with Crippen LogP contribution in [0, 0.1) is 12.8 Å². The smallest absolute Gasteiger partial charge is 0.173 e. The van der Waals surface area contributed by atoms with Gasteiger partial charge in [-0.05, 0) is 26.2 Å². The molecule has 1 aromatic rings. The van der Waals surface area contributed by atoms with E-state index in [-0.39, 0.29) is 0 Å². The normalized spacial score (nSPS) is 25.1. The maximum atomic E-state index is 5.91. The van der Waals surface area contributed by atoms with Crippen LogP contribution < -0.4 is 4.74 Å². The van der Waals surface area contributed by atoms with E-state index in [2.05, 4.69) is 5.10 Å². The molecule has 0 saturated heterocycles. The monoisotopic (exact) mass is 266 g/mol. The van der Waals surface area contributed by atoms with Crippen molar-refractivity contribution in [1.29, 1.82) is 0 Å². The summed E-state index contributed by atoms with van der Waals surface area (Å²) in [5, 5.41) is 4.50. The summed E-state index contributed by atoms with van der Waals surface area (Å²) in [6.45, 7) is 2.62. The quantitative estimate of drug-likeness (QED) is 0.741. The van der Waals surface area contributed by atoms with Gasteiger partial charge >= 0.3 is 0 Å². The number of aromatic nitrogens is 2. The van der Waals surface area contributed by atoms with Gasteiger partial charge in [0.1, 0.15) is 5.69 Å². The van der Waals surface area contributed by atoms with Gasteiger partial charge in [-0.1, -0.05) is 0 Å². The predicted molar refractivity (Wildman–Crippen MR) is 70.2 cm³/mol. The number of hydrogen-bond acceptors (Lipinski definition) is 4. The van der Waals surface area contributed by atoms with Crippen molar-refractivity contribution >= 4 is 0 Å². The summed E-state index contributed by atoms with van der Waals surface area (Å²) in [7, 11) is 3.40. The number of hydrogen-bond donors (Lipinski definition) is 0. The van der Waals surface area contributed by atoms with Gasteiger partial charge in [0, 0.05) is 26.6 Å². The minimum Gasteiger partial charge on any atom is -0.490 e. The van der Waals surface area contributed by atoms with Gasteiger partial charge in [0.05, 0.1) is 18.8 Å². The predicted octanol–water partition coefficient (Wildman–Crippen LogP) is 2.30. The second kappa shape index (κ2) is 4.80. The lowest BCUT2D eigenvalue weighted by molar-refractivity contribution is -0.291. The zero-order valence-corrected chi connectivity index (χ0v) is 11.9. The highest BCUT2D eigenvalue weighted by Crippen LogP contribution is 2.42. The first kappa shape index (κ1) is 12.9. The fraction of sp³-hybridized carbons (Fsp3) is 0.786. The number of ether oxygens (including phenoxy) is 3. The van der Waals surface area contributed by atoms with Gasteiger partial charge in [-0.15, -0.1) is 0 Å². The molecule has 1 atom stereocenters. The van der Waals surface area contributed by atoms with E-state index in [1.54, 1.807) is 14.2 Å². The minimum absolute atomic E-state index is 0.297. The molecule has 106 valence electrons. The average molecular weight is 266 g/mol. The minimum atomic E-state index is -0.444. The lowest BCUT2D eigenvalue weighted by atomic mass is 9.78. The van der Waals surface area contributed by atoms with Crippen molar-refractivity contribution in [2.45, 2.75) is 44.4 Å². The molecule has 0 spiro atoms. The van der Waals surface area contributed by atoms with Crippen molar-refractivity contribution in [1.82, 2.24) is 9.78 Å². The molecular weight excluding hydrogens is 244 g/mol. The number of nitrogens with zero attached hydrogens (tertiary/aromatic N) is 2. The average Bonchev–Trinajstić information content (AvgIpc) is 3.16. The van der Waals surface area contributed by atoms with Crippen LogP contribution in [0.15, 0.2) is 6.20 Å². The molecule has 0 aromatic carbocycles. The van der Waals surface area contributed by atoms with Crippen molar-refractivity contribution in [3.05, 3.63) is 11.9 Å². The fourth-order valence-corrected chi connectivity index (χ4v) is 2.74. The molecule has 5 nitrogen and oxygen atoms in total. The molecule has 3 rings (SSSR count). The van der Waals surface area contributed by atoms with Gasteiger partial charge in [-0.2, -0.15) is 5.10 Å². The Hall–Kier alpha value is -1.07. The Kier molecular flexibility index (Phi) is 3.27. The summed E-state index contributed by atoms with van der Waals surface area (Å²) in [5.74, 6) is 0.742. The van der Waals surface area contributed by atoms with E-state index in [9.17, 15) is 0 Å². The molecule has 5 heteroatoms. The Morgan fingerprint density at radius 2 is 2.05 bits per heavy atom. The Bertz CT molecular complexity index is 444. The van der Waals surface area contributed by atoms with Gasteiger partial charge in [0.25, 0.3) is 0 Å².